The summed E-state index contributed by atoms with van der Waals surface area (Å²) in [5.74, 6) is -0.252. The number of carbonyl (C=O) groups is 1. The van der Waals surface area contributed by atoms with Gasteiger partial charge in [-0.1, -0.05) is 30.3 Å². The average molecular weight is 345 g/mol. The minimum absolute atomic E-state index is 0.00750. The van der Waals surface area contributed by atoms with Gasteiger partial charge in [-0.3, -0.25) is 18.7 Å². The summed E-state index contributed by atoms with van der Waals surface area (Å²) in [6.07, 6.45) is 0. The zero-order chi connectivity index (χ0) is 18.6. The molecule has 8 nitrogen and oxygen atoms in total. The van der Waals surface area contributed by atoms with Crippen LogP contribution in [0.1, 0.15) is 19.4 Å². The van der Waals surface area contributed by atoms with Crippen LogP contribution in [0.2, 0.25) is 0 Å². The predicted molar refractivity (Wildman–Crippen MR) is 97.7 cm³/mol. The molecule has 0 aliphatic rings. The van der Waals surface area contributed by atoms with Crippen molar-refractivity contribution in [3.05, 3.63) is 56.7 Å². The molecule has 1 unspecified atom stereocenters. The van der Waals surface area contributed by atoms with E-state index in [4.69, 9.17) is 5.73 Å². The number of nitrogen functional groups attached to an aromatic ring is 1. The van der Waals surface area contributed by atoms with Crippen molar-refractivity contribution in [2.24, 2.45) is 7.05 Å². The molecule has 0 aliphatic carbocycles. The van der Waals surface area contributed by atoms with Crippen LogP contribution in [-0.2, 0) is 18.4 Å². The molecule has 2 rings (SSSR count). The topological polar surface area (TPSA) is 111 Å². The van der Waals surface area contributed by atoms with Gasteiger partial charge in [0.05, 0.1) is 6.54 Å². The Morgan fingerprint density at radius 1 is 1.24 bits per heavy atom. The molecule has 0 saturated heterocycles. The van der Waals surface area contributed by atoms with E-state index in [1.807, 2.05) is 30.3 Å². The van der Waals surface area contributed by atoms with Crippen molar-refractivity contribution in [3.63, 3.8) is 0 Å². The highest BCUT2D eigenvalue weighted by Gasteiger charge is 2.20. The van der Waals surface area contributed by atoms with Crippen LogP contribution >= 0.6 is 0 Å². The second kappa shape index (κ2) is 7.69. The third kappa shape index (κ3) is 3.90. The smallest absolute Gasteiger partial charge is 0.332 e. The number of anilines is 2. The van der Waals surface area contributed by atoms with E-state index in [0.717, 1.165) is 10.1 Å². The van der Waals surface area contributed by atoms with Crippen molar-refractivity contribution in [2.45, 2.75) is 26.4 Å². The number of hydrogen-bond acceptors (Lipinski definition) is 5. The fourth-order valence-corrected chi connectivity index (χ4v) is 2.45. The third-order valence-electron chi connectivity index (χ3n) is 3.87. The number of nitrogens with two attached hydrogens (primary N) is 1. The molecule has 0 fully saturated rings. The highest BCUT2D eigenvalue weighted by atomic mass is 16.2. The van der Waals surface area contributed by atoms with Gasteiger partial charge >= 0.3 is 5.69 Å². The molecule has 0 aliphatic heterocycles. The average Bonchev–Trinajstić information content (AvgIpc) is 2.61. The highest BCUT2D eigenvalue weighted by molar-refractivity contribution is 5.84. The number of nitrogens with one attached hydrogen (secondary N) is 2. The lowest BCUT2D eigenvalue weighted by molar-refractivity contribution is -0.121. The summed E-state index contributed by atoms with van der Waals surface area (Å²) in [5, 5.41) is 5.49. The van der Waals surface area contributed by atoms with Crippen molar-refractivity contribution in [1.29, 1.82) is 0 Å². The Labute approximate surface area is 145 Å². The van der Waals surface area contributed by atoms with Crippen molar-refractivity contribution < 1.29 is 4.79 Å². The molecule has 1 atom stereocenters. The SMILES string of the molecule is CCNC(=O)C(C)Nc1c(N)n(Cc2ccccc2)c(=O)n(C)c1=O. The number of rotatable bonds is 6. The van der Waals surface area contributed by atoms with E-state index >= 15 is 0 Å². The quantitative estimate of drug-likeness (QED) is 0.688. The van der Waals surface area contributed by atoms with Crippen LogP contribution < -0.4 is 27.6 Å². The maximum atomic E-state index is 12.4. The monoisotopic (exact) mass is 345 g/mol. The number of likely N-dealkylation sites (N-methyl/N-ethyl adjacent to an activating group) is 1. The summed E-state index contributed by atoms with van der Waals surface area (Å²) in [7, 11) is 1.38. The number of aromatic nitrogens is 2. The van der Waals surface area contributed by atoms with Gasteiger partial charge in [0.15, 0.2) is 0 Å². The standard InChI is InChI=1S/C17H23N5O3/c1-4-19-15(23)11(2)20-13-14(18)22(17(25)21(3)16(13)24)10-12-8-6-5-7-9-12/h5-9,11,20H,4,10,18H2,1-3H3,(H,19,23). The van der Waals surface area contributed by atoms with Gasteiger partial charge in [0.25, 0.3) is 5.56 Å². The van der Waals surface area contributed by atoms with E-state index in [-0.39, 0.29) is 24.0 Å². The summed E-state index contributed by atoms with van der Waals surface area (Å²) in [6, 6.07) is 8.64. The van der Waals surface area contributed by atoms with Crippen LogP contribution in [0.15, 0.2) is 39.9 Å². The summed E-state index contributed by atoms with van der Waals surface area (Å²) in [5.41, 5.74) is 5.91. The molecule has 1 amide bonds. The summed E-state index contributed by atoms with van der Waals surface area (Å²) < 4.78 is 2.29. The normalized spacial score (nSPS) is 11.8. The summed E-state index contributed by atoms with van der Waals surface area (Å²) in [6.45, 7) is 4.13. The summed E-state index contributed by atoms with van der Waals surface area (Å²) in [4.78, 5) is 36.7. The zero-order valence-corrected chi connectivity index (χ0v) is 14.6. The van der Waals surface area contributed by atoms with Crippen LogP contribution in [-0.4, -0.2) is 27.6 Å². The van der Waals surface area contributed by atoms with E-state index in [9.17, 15) is 14.4 Å². The molecule has 25 heavy (non-hydrogen) atoms. The highest BCUT2D eigenvalue weighted by Crippen LogP contribution is 2.14. The Kier molecular flexibility index (Phi) is 5.63. The molecule has 0 spiro atoms. The molecule has 2 aromatic rings. The number of benzene rings is 1. The lowest BCUT2D eigenvalue weighted by Gasteiger charge is -2.19. The van der Waals surface area contributed by atoms with E-state index in [0.29, 0.717) is 6.54 Å². The largest absolute Gasteiger partial charge is 0.383 e. The minimum atomic E-state index is -0.669. The van der Waals surface area contributed by atoms with Gasteiger partial charge in [0.2, 0.25) is 5.91 Å². The van der Waals surface area contributed by atoms with Crippen LogP contribution in [0.5, 0.6) is 0 Å². The Morgan fingerprint density at radius 3 is 2.48 bits per heavy atom. The van der Waals surface area contributed by atoms with Gasteiger partial charge < -0.3 is 16.4 Å². The van der Waals surface area contributed by atoms with Gasteiger partial charge in [-0.25, -0.2) is 4.79 Å². The number of amides is 1. The lowest BCUT2D eigenvalue weighted by Crippen LogP contribution is -2.44. The molecule has 0 radical (unpaired) electrons. The van der Waals surface area contributed by atoms with Gasteiger partial charge in [-0.05, 0) is 19.4 Å². The number of carbonyl (C=O) groups excluding carboxylic acids is 1. The molecule has 0 saturated carbocycles. The van der Waals surface area contributed by atoms with Crippen LogP contribution in [0.4, 0.5) is 11.5 Å². The van der Waals surface area contributed by atoms with Crippen molar-refractivity contribution in [3.8, 4) is 0 Å². The van der Waals surface area contributed by atoms with E-state index in [1.54, 1.807) is 13.8 Å². The number of hydrogen-bond donors (Lipinski definition) is 3. The Balaban J connectivity index is 2.46. The minimum Gasteiger partial charge on any atom is -0.383 e. The Morgan fingerprint density at radius 2 is 1.88 bits per heavy atom. The maximum absolute atomic E-state index is 12.4. The Hall–Kier alpha value is -3.03. The fraction of sp³-hybridized carbons (Fsp3) is 0.353. The first-order valence-corrected chi connectivity index (χ1v) is 8.04. The van der Waals surface area contributed by atoms with Gasteiger partial charge in [-0.2, -0.15) is 0 Å². The molecule has 1 heterocycles. The molecule has 4 N–H and O–H groups in total. The summed E-state index contributed by atoms with van der Waals surface area (Å²) >= 11 is 0. The molecule has 134 valence electrons. The van der Waals surface area contributed by atoms with Crippen LogP contribution in [0.25, 0.3) is 0 Å². The first kappa shape index (κ1) is 18.3. The fourth-order valence-electron chi connectivity index (χ4n) is 2.45. The third-order valence-corrected chi connectivity index (χ3v) is 3.87. The molecule has 0 bridgehead atoms. The van der Waals surface area contributed by atoms with E-state index in [2.05, 4.69) is 10.6 Å². The van der Waals surface area contributed by atoms with Crippen molar-refractivity contribution in [2.75, 3.05) is 17.6 Å². The second-order valence-electron chi connectivity index (χ2n) is 5.74. The number of nitrogens with zero attached hydrogens (tertiary/aromatic N) is 2. The van der Waals surface area contributed by atoms with E-state index in [1.165, 1.54) is 11.6 Å². The first-order valence-electron chi connectivity index (χ1n) is 8.04. The van der Waals surface area contributed by atoms with Gasteiger partial charge in [-0.15, -0.1) is 0 Å². The molecule has 1 aromatic heterocycles. The first-order chi connectivity index (χ1) is 11.9. The second-order valence-corrected chi connectivity index (χ2v) is 5.74. The van der Waals surface area contributed by atoms with Gasteiger partial charge in [0, 0.05) is 13.6 Å². The molecule has 1 aromatic carbocycles. The van der Waals surface area contributed by atoms with Crippen LogP contribution in [0.3, 0.4) is 0 Å². The zero-order valence-electron chi connectivity index (χ0n) is 14.6. The van der Waals surface area contributed by atoms with Crippen LogP contribution in [0, 0.1) is 0 Å². The maximum Gasteiger partial charge on any atom is 0.332 e. The van der Waals surface area contributed by atoms with Gasteiger partial charge in [0.1, 0.15) is 17.5 Å². The predicted octanol–water partition coefficient (Wildman–Crippen LogP) is 0.114. The molecule has 8 heteroatoms. The molecular weight excluding hydrogens is 322 g/mol. The lowest BCUT2D eigenvalue weighted by atomic mass is 10.2. The Bertz CT molecular complexity index is 870. The van der Waals surface area contributed by atoms with E-state index < -0.39 is 17.3 Å². The van der Waals surface area contributed by atoms with Crippen molar-refractivity contribution >= 4 is 17.4 Å². The molecular formula is C17H23N5O3. The van der Waals surface area contributed by atoms with Crippen molar-refractivity contribution in [1.82, 2.24) is 14.5 Å².